The first-order valence-electron chi connectivity index (χ1n) is 7.32. The smallest absolute Gasteiger partial charge is 0.228 e. The highest BCUT2D eigenvalue weighted by molar-refractivity contribution is 6.45. The topological polar surface area (TPSA) is 40.1 Å². The molecule has 2 heteroatoms. The van der Waals surface area contributed by atoms with Crippen molar-refractivity contribution < 1.29 is 10.2 Å². The van der Waals surface area contributed by atoms with Crippen molar-refractivity contribution in [3.8, 4) is 11.5 Å². The van der Waals surface area contributed by atoms with Crippen LogP contribution < -0.4 is 0 Å². The van der Waals surface area contributed by atoms with Gasteiger partial charge in [0.25, 0.3) is 0 Å². The number of phenols is 1. The van der Waals surface area contributed by atoms with Gasteiger partial charge in [0.2, 0.25) is 5.75 Å². The van der Waals surface area contributed by atoms with Gasteiger partial charge in [-0.1, -0.05) is 36.4 Å². The molecule has 0 amide bonds. The first-order chi connectivity index (χ1) is 10.8. The predicted molar refractivity (Wildman–Crippen MR) is 89.3 cm³/mol. The number of hydrogen-bond donors (Lipinski definition) is 1. The fraction of sp³-hybridized carbons (Fsp3) is 0. The minimum absolute atomic E-state index is 0.131. The van der Waals surface area contributed by atoms with E-state index < -0.39 is 0 Å². The molecule has 6 aromatic carbocycles. The highest BCUT2D eigenvalue weighted by Gasteiger charge is 2.24. The Morgan fingerprint density at radius 3 is 1.55 bits per heavy atom. The van der Waals surface area contributed by atoms with Crippen molar-refractivity contribution in [2.24, 2.45) is 0 Å². The van der Waals surface area contributed by atoms with E-state index in [9.17, 15) is 10.2 Å². The first kappa shape index (κ1) is 10.7. The molecule has 6 rings (SSSR count). The Bertz CT molecular complexity index is 1230. The van der Waals surface area contributed by atoms with Crippen LogP contribution in [0.15, 0.2) is 48.5 Å². The van der Waals surface area contributed by atoms with Crippen LogP contribution in [0.5, 0.6) is 11.5 Å². The van der Waals surface area contributed by atoms with E-state index in [0.717, 1.165) is 26.9 Å². The van der Waals surface area contributed by atoms with E-state index in [1.807, 2.05) is 24.3 Å². The second kappa shape index (κ2) is 3.09. The van der Waals surface area contributed by atoms with E-state index >= 15 is 0 Å². The molecule has 1 radical (unpaired) electrons. The lowest BCUT2D eigenvalue weighted by Gasteiger charge is -2.07. The van der Waals surface area contributed by atoms with Crippen LogP contribution in [0.4, 0.5) is 0 Å². The summed E-state index contributed by atoms with van der Waals surface area (Å²) in [5.74, 6) is -0.401. The van der Waals surface area contributed by atoms with Crippen LogP contribution in [0, 0.1) is 0 Å². The number of aromatic hydroxyl groups is 1. The van der Waals surface area contributed by atoms with Gasteiger partial charge in [-0.2, -0.15) is 0 Å². The molecule has 0 saturated heterocycles. The summed E-state index contributed by atoms with van der Waals surface area (Å²) in [7, 11) is 0. The van der Waals surface area contributed by atoms with Crippen LogP contribution in [0.3, 0.4) is 0 Å². The van der Waals surface area contributed by atoms with Crippen molar-refractivity contribution in [2.45, 2.75) is 0 Å². The molecule has 0 aromatic heterocycles. The van der Waals surface area contributed by atoms with E-state index in [1.54, 1.807) is 0 Å². The van der Waals surface area contributed by atoms with Crippen molar-refractivity contribution in [3.63, 3.8) is 0 Å². The van der Waals surface area contributed by atoms with Crippen LogP contribution in [0.25, 0.3) is 53.9 Å². The van der Waals surface area contributed by atoms with Crippen molar-refractivity contribution in [1.29, 1.82) is 0 Å². The molecule has 0 aliphatic rings. The molecule has 0 fully saturated rings. The van der Waals surface area contributed by atoms with Crippen LogP contribution in [-0.2, 0) is 5.11 Å². The van der Waals surface area contributed by atoms with Crippen molar-refractivity contribution in [3.05, 3.63) is 48.5 Å². The van der Waals surface area contributed by atoms with Crippen molar-refractivity contribution in [1.82, 2.24) is 0 Å². The maximum atomic E-state index is 12.5. The van der Waals surface area contributed by atoms with Crippen LogP contribution in [0.1, 0.15) is 0 Å². The van der Waals surface area contributed by atoms with Gasteiger partial charge in [-0.25, -0.2) is 0 Å². The van der Waals surface area contributed by atoms with Gasteiger partial charge < -0.3 is 5.11 Å². The highest BCUT2D eigenvalue weighted by Crippen LogP contribution is 2.53. The molecule has 6 aromatic rings. The lowest BCUT2D eigenvalue weighted by molar-refractivity contribution is 0.332. The van der Waals surface area contributed by atoms with Gasteiger partial charge in [0.15, 0.2) is 5.75 Å². The summed E-state index contributed by atoms with van der Waals surface area (Å²) in [5.41, 5.74) is 0. The zero-order chi connectivity index (χ0) is 14.6. The third-order valence-corrected chi connectivity index (χ3v) is 5.11. The van der Waals surface area contributed by atoms with Gasteiger partial charge in [-0.15, -0.1) is 0 Å². The molecule has 22 heavy (non-hydrogen) atoms. The van der Waals surface area contributed by atoms with Crippen molar-refractivity contribution in [2.75, 3.05) is 0 Å². The number of hydrogen-bond acceptors (Lipinski definition) is 1. The molecule has 0 atom stereocenters. The van der Waals surface area contributed by atoms with E-state index in [0.29, 0.717) is 10.8 Å². The fourth-order valence-electron chi connectivity index (χ4n) is 4.20. The highest BCUT2D eigenvalue weighted by atomic mass is 16.3. The lowest BCUT2D eigenvalue weighted by Crippen LogP contribution is -1.79. The van der Waals surface area contributed by atoms with Gasteiger partial charge in [0, 0.05) is 21.5 Å². The largest absolute Gasteiger partial charge is 0.504 e. The number of rotatable bonds is 0. The zero-order valence-electron chi connectivity index (χ0n) is 11.5. The Balaban J connectivity index is 2.24. The van der Waals surface area contributed by atoms with Crippen molar-refractivity contribution >= 4 is 53.9 Å². The number of phenolic OH excluding ortho intramolecular Hbond substituents is 1. The van der Waals surface area contributed by atoms with Crippen LogP contribution >= 0.6 is 0 Å². The lowest BCUT2D eigenvalue weighted by atomic mass is 9.98. The maximum Gasteiger partial charge on any atom is 0.228 e. The quantitative estimate of drug-likeness (QED) is 0.361. The molecular formula is C20H9O2. The zero-order valence-corrected chi connectivity index (χ0v) is 11.5. The first-order valence-corrected chi connectivity index (χ1v) is 7.32. The summed E-state index contributed by atoms with van der Waals surface area (Å²) in [6.07, 6.45) is 0. The Morgan fingerprint density at radius 1 is 0.545 bits per heavy atom. The second-order valence-electron chi connectivity index (χ2n) is 6.08. The molecule has 0 bridgehead atoms. The minimum atomic E-state index is -0.270. The van der Waals surface area contributed by atoms with E-state index in [2.05, 4.69) is 24.3 Å². The Hall–Kier alpha value is -3.00. The molecule has 1 N–H and O–H groups in total. The molecule has 0 aliphatic heterocycles. The van der Waals surface area contributed by atoms with E-state index in [-0.39, 0.29) is 11.5 Å². The van der Waals surface area contributed by atoms with Gasteiger partial charge in [-0.3, -0.25) is 5.11 Å². The third-order valence-electron chi connectivity index (χ3n) is 5.11. The maximum absolute atomic E-state index is 12.5. The third kappa shape index (κ3) is 0.914. The van der Waals surface area contributed by atoms with Gasteiger partial charge in [0.1, 0.15) is 0 Å². The summed E-state index contributed by atoms with van der Waals surface area (Å²) in [4.78, 5) is 0. The van der Waals surface area contributed by atoms with Crippen LogP contribution in [0.2, 0.25) is 0 Å². The van der Waals surface area contributed by atoms with Crippen LogP contribution in [-0.4, -0.2) is 5.11 Å². The monoisotopic (exact) mass is 281 g/mol. The SMILES string of the molecule is [O]c1c(O)c2ccc3ccc4ccc5ccc1c1c5c4c3c21. The number of benzene rings is 5. The van der Waals surface area contributed by atoms with E-state index in [1.165, 1.54) is 16.2 Å². The summed E-state index contributed by atoms with van der Waals surface area (Å²) in [5, 5.41) is 33.2. The second-order valence-corrected chi connectivity index (χ2v) is 6.08. The standard InChI is InChI=1S/C20H9O2/c21-19-12-7-5-10-3-1-9-2-4-11-6-8-13(20(19)22)18-16(11)14(9)15(10)17(12)18/h1-8,21H. The summed E-state index contributed by atoms with van der Waals surface area (Å²) < 4.78 is 0. The van der Waals surface area contributed by atoms with Gasteiger partial charge >= 0.3 is 0 Å². The normalized spacial score (nSPS) is 12.9. The average molecular weight is 281 g/mol. The predicted octanol–water partition coefficient (Wildman–Crippen LogP) is 5.62. The minimum Gasteiger partial charge on any atom is -0.504 e. The fourth-order valence-corrected chi connectivity index (χ4v) is 4.20. The summed E-state index contributed by atoms with van der Waals surface area (Å²) in [6, 6.07) is 16.2. The van der Waals surface area contributed by atoms with E-state index in [4.69, 9.17) is 0 Å². The molecule has 0 unspecified atom stereocenters. The average Bonchev–Trinajstić information content (AvgIpc) is 2.92. The summed E-state index contributed by atoms with van der Waals surface area (Å²) in [6.45, 7) is 0. The van der Waals surface area contributed by atoms with Gasteiger partial charge in [-0.05, 0) is 44.5 Å². The molecule has 0 spiro atoms. The molecule has 0 saturated carbocycles. The molecular weight excluding hydrogens is 272 g/mol. The summed E-state index contributed by atoms with van der Waals surface area (Å²) >= 11 is 0. The van der Waals surface area contributed by atoms with Gasteiger partial charge in [0.05, 0.1) is 0 Å². The Morgan fingerprint density at radius 2 is 0.955 bits per heavy atom. The Labute approximate surface area is 124 Å². The molecule has 0 heterocycles. The molecule has 101 valence electrons. The Kier molecular flexibility index (Phi) is 1.50. The molecule has 0 aliphatic carbocycles. The molecule has 2 nitrogen and oxygen atoms in total.